The Balaban J connectivity index is 0.679. The average Bonchev–Trinajstić information content (AvgIpc) is 4.42. The Morgan fingerprint density at radius 1 is 0.848 bits per heavy atom. The van der Waals surface area contributed by atoms with Crippen molar-refractivity contribution < 1.29 is 33.8 Å². The first-order chi connectivity index (χ1) is 38.2. The van der Waals surface area contributed by atoms with Crippen molar-refractivity contribution in [2.45, 2.75) is 197 Å². The van der Waals surface area contributed by atoms with Gasteiger partial charge in [-0.3, -0.25) is 24.1 Å². The first-order valence-electron chi connectivity index (χ1n) is 30.9. The van der Waals surface area contributed by atoms with Gasteiger partial charge in [0.25, 0.3) is 0 Å². The van der Waals surface area contributed by atoms with Crippen LogP contribution in [-0.4, -0.2) is 119 Å². The highest BCUT2D eigenvalue weighted by Gasteiger charge is 2.61. The lowest BCUT2D eigenvalue weighted by atomic mass is 9.56. The van der Waals surface area contributed by atoms with Crippen LogP contribution in [0.4, 0.5) is 4.79 Å². The molecule has 2 aromatic carbocycles. The number of nitrogens with zero attached hydrogens (tertiary/aromatic N) is 1. The fraction of sp³-hybridized carbons (Fsp3) is 0.677. The van der Waals surface area contributed by atoms with Crippen molar-refractivity contribution in [3.63, 3.8) is 0 Å². The number of aliphatic hydroxyl groups excluding tert-OH is 1. The van der Waals surface area contributed by atoms with Gasteiger partial charge in [0.2, 0.25) is 17.7 Å². The number of carbonyl (C=O) groups is 5. The van der Waals surface area contributed by atoms with Crippen LogP contribution in [0.15, 0.2) is 77.4 Å². The summed E-state index contributed by atoms with van der Waals surface area (Å²) in [4.78, 5) is 67.1. The lowest BCUT2D eigenvalue weighted by molar-refractivity contribution is -0.125. The standard InChI is InChI=1S/C65H92N6O7S/c1-41-35-55-60(43(3)65(78-55)30-28-50-51-26-25-48-37-49(72)27-29-64(48,4)53(51)38-52(50)42(65)2)71(39-41)34-33-68-62(76)47(36-44-21-23-46(24-22-44)61(75)45-15-7-5-8-16-45)17-12-14-32-67-57(73)19-9-6-13-31-66-58(74)20-11-10-18-56-59-54(40-79-56)69-63(77)70-59/h5,7-8,15-16,21-25,41,43,47,49-51,53-56,59-60,72H,6,9-14,17-20,26-40H2,1-4H3,(H,66,74)(H,67,73)(H,68,76)(H2,69,70,77). The molecule has 430 valence electrons. The molecule has 2 saturated carbocycles. The van der Waals surface area contributed by atoms with E-state index in [-0.39, 0.29) is 70.8 Å². The molecule has 14 heteroatoms. The van der Waals surface area contributed by atoms with E-state index in [4.69, 9.17) is 4.74 Å². The third kappa shape index (κ3) is 12.9. The number of ketones is 1. The molecule has 79 heavy (non-hydrogen) atoms. The van der Waals surface area contributed by atoms with Crippen molar-refractivity contribution in [1.29, 1.82) is 0 Å². The molecule has 6 N–H and O–H groups in total. The number of nitrogens with one attached hydrogen (secondary N) is 5. The molecule has 14 atom stereocenters. The van der Waals surface area contributed by atoms with E-state index in [1.807, 2.05) is 66.4 Å². The number of benzene rings is 2. The number of piperidine rings is 1. The number of rotatable bonds is 24. The van der Waals surface area contributed by atoms with E-state index >= 15 is 0 Å². The molecule has 1 spiro atoms. The highest BCUT2D eigenvalue weighted by molar-refractivity contribution is 8.00. The number of thioether (sulfide) groups is 1. The molecule has 8 aliphatic rings. The second kappa shape index (κ2) is 25.7. The smallest absolute Gasteiger partial charge is 0.315 e. The molecule has 10 rings (SSSR count). The van der Waals surface area contributed by atoms with Gasteiger partial charge in [0, 0.05) is 85.6 Å². The van der Waals surface area contributed by atoms with Crippen molar-refractivity contribution in [1.82, 2.24) is 31.5 Å². The number of aliphatic hydroxyl groups is 1. The van der Waals surface area contributed by atoms with Crippen LogP contribution in [0.2, 0.25) is 0 Å². The van der Waals surface area contributed by atoms with Gasteiger partial charge in [-0.25, -0.2) is 4.79 Å². The fourth-order valence-electron chi connectivity index (χ4n) is 16.4. The predicted molar refractivity (Wildman–Crippen MR) is 312 cm³/mol. The number of hydrogen-bond acceptors (Lipinski definition) is 9. The molecule has 14 unspecified atom stereocenters. The quantitative estimate of drug-likeness (QED) is 0.0259. The zero-order valence-corrected chi connectivity index (χ0v) is 48.7. The number of urea groups is 1. The van der Waals surface area contributed by atoms with Gasteiger partial charge in [0.15, 0.2) is 5.78 Å². The third-order valence-electron chi connectivity index (χ3n) is 20.7. The van der Waals surface area contributed by atoms with Crippen LogP contribution in [0, 0.1) is 40.9 Å². The van der Waals surface area contributed by atoms with E-state index in [0.29, 0.717) is 97.3 Å². The van der Waals surface area contributed by atoms with Crippen molar-refractivity contribution >= 4 is 41.3 Å². The first-order valence-corrected chi connectivity index (χ1v) is 31.9. The molecule has 4 heterocycles. The summed E-state index contributed by atoms with van der Waals surface area (Å²) in [5.74, 6) is 3.65. The van der Waals surface area contributed by atoms with E-state index in [2.05, 4.69) is 65.3 Å². The van der Waals surface area contributed by atoms with Gasteiger partial charge < -0.3 is 36.4 Å². The molecule has 4 aliphatic heterocycles. The Bertz CT molecular complexity index is 2560. The number of amides is 5. The number of likely N-dealkylation sites (tertiary alicyclic amines) is 1. The molecule has 2 aromatic rings. The Hall–Kier alpha value is -4.50. The van der Waals surface area contributed by atoms with Gasteiger partial charge >= 0.3 is 6.03 Å². The van der Waals surface area contributed by atoms with E-state index in [0.717, 1.165) is 114 Å². The van der Waals surface area contributed by atoms with Crippen molar-refractivity contribution in [2.24, 2.45) is 40.9 Å². The molecule has 13 nitrogen and oxygen atoms in total. The SMILES string of the molecule is CC1=C2CC3C(CC=C4CC(O)CCC43C)C2CCC12OC1CC(C)CN(CCNC(=O)C(CCCCNC(=O)CCCCCNC(=O)CCCCC3SCC4NC(=O)NC43)Cc3ccc(C(=O)c4ccccc4)cc3)C1C2C. The molecule has 6 fully saturated rings. The molecule has 0 bridgehead atoms. The molecule has 4 aliphatic carbocycles. The van der Waals surface area contributed by atoms with Gasteiger partial charge in [0.1, 0.15) is 0 Å². The number of hydrogen-bond donors (Lipinski definition) is 6. The van der Waals surface area contributed by atoms with Crippen LogP contribution in [0.3, 0.4) is 0 Å². The van der Waals surface area contributed by atoms with Crippen LogP contribution >= 0.6 is 11.8 Å². The Labute approximate surface area is 475 Å². The molecular weight excluding hydrogens is 1010 g/mol. The molecule has 5 amide bonds. The molecule has 4 saturated heterocycles. The second-order valence-electron chi connectivity index (χ2n) is 25.7. The van der Waals surface area contributed by atoms with E-state index in [9.17, 15) is 29.1 Å². The lowest BCUT2D eigenvalue weighted by Gasteiger charge is -2.49. The fourth-order valence-corrected chi connectivity index (χ4v) is 17.9. The maximum absolute atomic E-state index is 14.3. The van der Waals surface area contributed by atoms with Gasteiger partial charge in [-0.1, -0.05) is 112 Å². The molecule has 0 aromatic heterocycles. The maximum atomic E-state index is 14.3. The van der Waals surface area contributed by atoms with E-state index < -0.39 is 0 Å². The maximum Gasteiger partial charge on any atom is 0.315 e. The summed E-state index contributed by atoms with van der Waals surface area (Å²) in [6.07, 6.45) is 20.1. The Morgan fingerprint density at radius 2 is 1.58 bits per heavy atom. The summed E-state index contributed by atoms with van der Waals surface area (Å²) in [6, 6.07) is 17.7. The minimum atomic E-state index is -0.261. The zero-order chi connectivity index (χ0) is 55.3. The van der Waals surface area contributed by atoms with Crippen LogP contribution < -0.4 is 26.6 Å². The average molecular weight is 1100 g/mol. The monoisotopic (exact) mass is 1100 g/mol. The number of carbonyl (C=O) groups excluding carboxylic acids is 5. The zero-order valence-electron chi connectivity index (χ0n) is 47.8. The third-order valence-corrected chi connectivity index (χ3v) is 22.2. The van der Waals surface area contributed by atoms with Crippen LogP contribution in [-0.2, 0) is 25.5 Å². The van der Waals surface area contributed by atoms with Gasteiger partial charge in [-0.05, 0) is 143 Å². The van der Waals surface area contributed by atoms with Gasteiger partial charge in [-0.2, -0.15) is 11.8 Å². The highest BCUT2D eigenvalue weighted by atomic mass is 32.2. The number of unbranched alkanes of at least 4 members (excludes halogenated alkanes) is 4. The van der Waals surface area contributed by atoms with Crippen molar-refractivity contribution in [2.75, 3.05) is 38.5 Å². The van der Waals surface area contributed by atoms with Gasteiger partial charge in [-0.15, -0.1) is 0 Å². The molecule has 0 radical (unpaired) electrons. The van der Waals surface area contributed by atoms with E-state index in [1.165, 1.54) is 24.0 Å². The topological polar surface area (TPSA) is 178 Å². The predicted octanol–water partition coefficient (Wildman–Crippen LogP) is 9.61. The lowest BCUT2D eigenvalue weighted by Crippen LogP contribution is -2.54. The Kier molecular flexibility index (Phi) is 18.8. The van der Waals surface area contributed by atoms with Crippen molar-refractivity contribution in [3.05, 3.63) is 94.1 Å². The normalized spacial score (nSPS) is 32.9. The number of fused-ring (bicyclic) bond motifs is 7. The van der Waals surface area contributed by atoms with Crippen LogP contribution in [0.5, 0.6) is 0 Å². The van der Waals surface area contributed by atoms with Gasteiger partial charge in [0.05, 0.1) is 29.9 Å². The Morgan fingerprint density at radius 3 is 2.35 bits per heavy atom. The minimum absolute atomic E-state index is 0.0204. The summed E-state index contributed by atoms with van der Waals surface area (Å²) < 4.78 is 7.46. The minimum Gasteiger partial charge on any atom is -0.393 e. The summed E-state index contributed by atoms with van der Waals surface area (Å²) >= 11 is 1.91. The second-order valence-corrected chi connectivity index (χ2v) is 26.9. The number of allylic oxidation sites excluding steroid dienone is 2. The van der Waals surface area contributed by atoms with Crippen LogP contribution in [0.1, 0.15) is 171 Å². The summed E-state index contributed by atoms with van der Waals surface area (Å²) in [5.41, 5.74) is 6.97. The highest BCUT2D eigenvalue weighted by Crippen LogP contribution is 2.65. The largest absolute Gasteiger partial charge is 0.393 e. The summed E-state index contributed by atoms with van der Waals surface area (Å²) in [6.45, 7) is 13.2. The van der Waals surface area contributed by atoms with E-state index in [1.54, 1.807) is 5.57 Å². The molecular formula is C65H92N6O7S. The summed E-state index contributed by atoms with van der Waals surface area (Å²) in [5, 5.41) is 26.6. The first kappa shape index (κ1) is 57.7. The van der Waals surface area contributed by atoms with Crippen molar-refractivity contribution in [3.8, 4) is 0 Å². The number of ether oxygens (including phenoxy) is 1. The summed E-state index contributed by atoms with van der Waals surface area (Å²) in [7, 11) is 0. The van der Waals surface area contributed by atoms with Crippen LogP contribution in [0.25, 0.3) is 0 Å².